The van der Waals surface area contributed by atoms with Crippen molar-refractivity contribution in [1.82, 2.24) is 9.97 Å². The lowest BCUT2D eigenvalue weighted by atomic mass is 10.1. The van der Waals surface area contributed by atoms with Crippen molar-refractivity contribution in [1.29, 1.82) is 0 Å². The number of halogens is 3. The lowest BCUT2D eigenvalue weighted by molar-refractivity contribution is -0.274. The maximum Gasteiger partial charge on any atom is 0.573 e. The summed E-state index contributed by atoms with van der Waals surface area (Å²) in [5.74, 6) is -0.337. The normalized spacial score (nSPS) is 11.2. The van der Waals surface area contributed by atoms with E-state index in [4.69, 9.17) is 10.5 Å². The van der Waals surface area contributed by atoms with Crippen LogP contribution in [0.25, 0.3) is 11.3 Å². The fourth-order valence-corrected chi connectivity index (χ4v) is 1.58. The first-order valence-electron chi connectivity index (χ1n) is 5.43. The van der Waals surface area contributed by atoms with Gasteiger partial charge in [0.05, 0.1) is 12.8 Å². The zero-order chi connectivity index (χ0) is 14.8. The number of benzene rings is 1. The van der Waals surface area contributed by atoms with Gasteiger partial charge in [0.2, 0.25) is 11.8 Å². The Balaban J connectivity index is 2.50. The zero-order valence-corrected chi connectivity index (χ0v) is 10.3. The average molecular weight is 285 g/mol. The molecule has 1 aromatic heterocycles. The molecule has 0 aliphatic heterocycles. The third kappa shape index (κ3) is 3.28. The molecule has 0 saturated heterocycles. The van der Waals surface area contributed by atoms with Gasteiger partial charge >= 0.3 is 6.36 Å². The van der Waals surface area contributed by atoms with Crippen molar-refractivity contribution in [2.45, 2.75) is 6.36 Å². The number of nitrogen functional groups attached to an aromatic ring is 1. The van der Waals surface area contributed by atoms with Crippen LogP contribution in [0, 0.1) is 0 Å². The number of para-hydroxylation sites is 1. The van der Waals surface area contributed by atoms with E-state index < -0.39 is 6.36 Å². The van der Waals surface area contributed by atoms with E-state index in [0.29, 0.717) is 0 Å². The molecule has 2 rings (SSSR count). The number of hydrogen-bond donors (Lipinski definition) is 1. The Hall–Kier alpha value is -2.51. The number of hydrogen-bond acceptors (Lipinski definition) is 5. The number of alkyl halides is 3. The highest BCUT2D eigenvalue weighted by molar-refractivity contribution is 5.68. The van der Waals surface area contributed by atoms with E-state index in [1.54, 1.807) is 6.07 Å². The first-order valence-corrected chi connectivity index (χ1v) is 5.43. The third-order valence-corrected chi connectivity index (χ3v) is 2.32. The van der Waals surface area contributed by atoms with Gasteiger partial charge in [-0.05, 0) is 12.1 Å². The largest absolute Gasteiger partial charge is 0.573 e. The molecule has 0 saturated carbocycles. The summed E-state index contributed by atoms with van der Waals surface area (Å²) in [7, 11) is 1.36. The summed E-state index contributed by atoms with van der Waals surface area (Å²) in [6.07, 6.45) is -4.79. The second kappa shape index (κ2) is 5.24. The van der Waals surface area contributed by atoms with Crippen molar-refractivity contribution in [3.8, 4) is 22.9 Å². The van der Waals surface area contributed by atoms with Gasteiger partial charge in [-0.1, -0.05) is 12.1 Å². The molecular formula is C12H10F3N3O2. The predicted molar refractivity (Wildman–Crippen MR) is 65.1 cm³/mol. The highest BCUT2D eigenvalue weighted by atomic mass is 19.4. The summed E-state index contributed by atoms with van der Waals surface area (Å²) in [5, 5.41) is 0. The SMILES string of the molecule is COc1cc(-c2ccccc2OC(F)(F)F)nc(N)n1. The van der Waals surface area contributed by atoms with Gasteiger partial charge in [-0.25, -0.2) is 4.98 Å². The van der Waals surface area contributed by atoms with Crippen molar-refractivity contribution in [3.05, 3.63) is 30.3 Å². The molecule has 2 N–H and O–H groups in total. The minimum Gasteiger partial charge on any atom is -0.481 e. The summed E-state index contributed by atoms with van der Waals surface area (Å²) in [5.41, 5.74) is 5.80. The van der Waals surface area contributed by atoms with Crippen LogP contribution in [0.15, 0.2) is 30.3 Å². The minimum absolute atomic E-state index is 0.110. The van der Waals surface area contributed by atoms with Gasteiger partial charge in [0, 0.05) is 11.6 Å². The van der Waals surface area contributed by atoms with Crippen LogP contribution >= 0.6 is 0 Å². The minimum atomic E-state index is -4.79. The number of rotatable bonds is 3. The molecular weight excluding hydrogens is 275 g/mol. The molecule has 1 heterocycles. The number of nitrogens with two attached hydrogens (primary N) is 1. The second-order valence-electron chi connectivity index (χ2n) is 3.70. The second-order valence-corrected chi connectivity index (χ2v) is 3.70. The number of anilines is 1. The van der Waals surface area contributed by atoms with E-state index in [2.05, 4.69) is 14.7 Å². The Morgan fingerprint density at radius 2 is 1.85 bits per heavy atom. The van der Waals surface area contributed by atoms with Gasteiger partial charge in [-0.3, -0.25) is 0 Å². The Morgan fingerprint density at radius 3 is 2.50 bits per heavy atom. The van der Waals surface area contributed by atoms with Crippen LogP contribution in [-0.4, -0.2) is 23.4 Å². The Morgan fingerprint density at radius 1 is 1.15 bits per heavy atom. The van der Waals surface area contributed by atoms with Crippen LogP contribution in [-0.2, 0) is 0 Å². The number of nitrogens with zero attached hydrogens (tertiary/aromatic N) is 2. The molecule has 106 valence electrons. The standard InChI is InChI=1S/C12H10F3N3O2/c1-19-10-6-8(17-11(16)18-10)7-4-2-3-5-9(7)20-12(13,14)15/h2-6H,1H3,(H2,16,17,18). The fraction of sp³-hybridized carbons (Fsp3) is 0.167. The molecule has 0 atom stereocenters. The van der Waals surface area contributed by atoms with Crippen LogP contribution in [0.5, 0.6) is 11.6 Å². The molecule has 0 bridgehead atoms. The molecule has 20 heavy (non-hydrogen) atoms. The Kier molecular flexibility index (Phi) is 3.64. The molecule has 2 aromatic rings. The van der Waals surface area contributed by atoms with Gasteiger partial charge in [0.15, 0.2) is 0 Å². The van der Waals surface area contributed by atoms with Crippen molar-refractivity contribution in [3.63, 3.8) is 0 Å². The predicted octanol–water partition coefficient (Wildman–Crippen LogP) is 2.63. The Bertz CT molecular complexity index is 617. The molecule has 0 spiro atoms. The van der Waals surface area contributed by atoms with Gasteiger partial charge in [0.25, 0.3) is 0 Å². The summed E-state index contributed by atoms with van der Waals surface area (Å²) in [6, 6.07) is 6.97. The van der Waals surface area contributed by atoms with E-state index in [1.165, 1.54) is 31.4 Å². The van der Waals surface area contributed by atoms with Crippen LogP contribution < -0.4 is 15.2 Å². The molecule has 0 aliphatic carbocycles. The summed E-state index contributed by atoms with van der Waals surface area (Å²) in [4.78, 5) is 7.65. The lowest BCUT2D eigenvalue weighted by Crippen LogP contribution is -2.17. The highest BCUT2D eigenvalue weighted by Gasteiger charge is 2.32. The maximum atomic E-state index is 12.4. The first kappa shape index (κ1) is 13.9. The van der Waals surface area contributed by atoms with E-state index in [9.17, 15) is 13.2 Å². The van der Waals surface area contributed by atoms with Crippen molar-refractivity contribution in [2.75, 3.05) is 12.8 Å². The number of methoxy groups -OCH3 is 1. The van der Waals surface area contributed by atoms with Gasteiger partial charge in [-0.15, -0.1) is 13.2 Å². The van der Waals surface area contributed by atoms with Crippen LogP contribution in [0.1, 0.15) is 0 Å². The van der Waals surface area contributed by atoms with Crippen LogP contribution in [0.2, 0.25) is 0 Å². The van der Waals surface area contributed by atoms with Gasteiger partial charge < -0.3 is 15.2 Å². The van der Waals surface area contributed by atoms with Crippen molar-refractivity contribution in [2.24, 2.45) is 0 Å². The first-order chi connectivity index (χ1) is 9.39. The molecule has 1 aromatic carbocycles. The smallest absolute Gasteiger partial charge is 0.481 e. The summed E-state index contributed by atoms with van der Waals surface area (Å²) < 4.78 is 45.9. The Labute approximate surface area is 112 Å². The molecule has 0 aliphatic rings. The third-order valence-electron chi connectivity index (χ3n) is 2.32. The monoisotopic (exact) mass is 285 g/mol. The van der Waals surface area contributed by atoms with Crippen molar-refractivity contribution >= 4 is 5.95 Å². The number of ether oxygens (including phenoxy) is 2. The van der Waals surface area contributed by atoms with Crippen LogP contribution in [0.4, 0.5) is 19.1 Å². The molecule has 5 nitrogen and oxygen atoms in total. The molecule has 0 radical (unpaired) electrons. The topological polar surface area (TPSA) is 70.3 Å². The summed E-state index contributed by atoms with van der Waals surface area (Å²) >= 11 is 0. The molecule has 0 fully saturated rings. The highest BCUT2D eigenvalue weighted by Crippen LogP contribution is 2.33. The van der Waals surface area contributed by atoms with Crippen LogP contribution in [0.3, 0.4) is 0 Å². The van der Waals surface area contributed by atoms with E-state index in [1.807, 2.05) is 0 Å². The lowest BCUT2D eigenvalue weighted by Gasteiger charge is -2.13. The van der Waals surface area contributed by atoms with E-state index in [-0.39, 0.29) is 28.8 Å². The maximum absolute atomic E-state index is 12.4. The quantitative estimate of drug-likeness (QED) is 0.938. The molecule has 0 amide bonds. The van der Waals surface area contributed by atoms with Gasteiger partial charge in [-0.2, -0.15) is 4.98 Å². The van der Waals surface area contributed by atoms with Gasteiger partial charge in [0.1, 0.15) is 5.75 Å². The zero-order valence-electron chi connectivity index (χ0n) is 10.3. The average Bonchev–Trinajstić information content (AvgIpc) is 2.36. The van der Waals surface area contributed by atoms with E-state index in [0.717, 1.165) is 0 Å². The molecule has 8 heteroatoms. The number of aromatic nitrogens is 2. The summed E-state index contributed by atoms with van der Waals surface area (Å²) in [6.45, 7) is 0. The molecule has 0 unspecified atom stereocenters. The van der Waals surface area contributed by atoms with Crippen molar-refractivity contribution < 1.29 is 22.6 Å². The fourth-order valence-electron chi connectivity index (χ4n) is 1.58. The van der Waals surface area contributed by atoms with E-state index >= 15 is 0 Å².